The van der Waals surface area contributed by atoms with Crippen molar-refractivity contribution in [2.75, 3.05) is 0 Å². The lowest BCUT2D eigenvalue weighted by Crippen LogP contribution is -2.22. The van der Waals surface area contributed by atoms with Gasteiger partial charge in [0.15, 0.2) is 0 Å². The van der Waals surface area contributed by atoms with Crippen molar-refractivity contribution in [2.24, 2.45) is 11.8 Å². The highest BCUT2D eigenvalue weighted by Gasteiger charge is 2.26. The normalized spacial score (nSPS) is 27.5. The first-order chi connectivity index (χ1) is 6.24. The van der Waals surface area contributed by atoms with E-state index in [9.17, 15) is 4.79 Å². The zero-order valence-electron chi connectivity index (χ0n) is 8.05. The van der Waals surface area contributed by atoms with Crippen LogP contribution in [0.15, 0.2) is 0 Å². The number of hydrogen-bond acceptors (Lipinski definition) is 1. The van der Waals surface area contributed by atoms with Crippen LogP contribution < -0.4 is 0 Å². The van der Waals surface area contributed by atoms with Crippen LogP contribution in [0.5, 0.6) is 0 Å². The number of hydrogen-bond donors (Lipinski definition) is 1. The van der Waals surface area contributed by atoms with Crippen LogP contribution in [-0.4, -0.2) is 11.1 Å². The minimum Gasteiger partial charge on any atom is -0.481 e. The first-order valence-electron chi connectivity index (χ1n) is 4.86. The third kappa shape index (κ3) is 3.10. The zero-order valence-corrected chi connectivity index (χ0v) is 8.05. The minimum atomic E-state index is -0.630. The van der Waals surface area contributed by atoms with E-state index in [1.54, 1.807) is 0 Å². The van der Waals surface area contributed by atoms with Crippen molar-refractivity contribution in [1.29, 1.82) is 0 Å². The highest BCUT2D eigenvalue weighted by molar-refractivity contribution is 5.70. The summed E-state index contributed by atoms with van der Waals surface area (Å²) in [5, 5.41) is 8.85. The smallest absolute Gasteiger partial charge is 0.306 e. The van der Waals surface area contributed by atoms with Crippen LogP contribution in [0.25, 0.3) is 0 Å². The van der Waals surface area contributed by atoms with Gasteiger partial charge in [-0.05, 0) is 32.1 Å². The molecule has 0 amide bonds. The van der Waals surface area contributed by atoms with E-state index in [1.807, 2.05) is 6.92 Å². The zero-order chi connectivity index (χ0) is 9.68. The van der Waals surface area contributed by atoms with Crippen molar-refractivity contribution in [1.82, 2.24) is 0 Å². The Morgan fingerprint density at radius 2 is 2.31 bits per heavy atom. The average Bonchev–Trinajstić information content (AvgIpc) is 2.15. The van der Waals surface area contributed by atoms with E-state index in [1.165, 1.54) is 0 Å². The van der Waals surface area contributed by atoms with E-state index in [2.05, 4.69) is 11.8 Å². The van der Waals surface area contributed by atoms with Crippen molar-refractivity contribution in [3.05, 3.63) is 0 Å². The van der Waals surface area contributed by atoms with Gasteiger partial charge < -0.3 is 5.11 Å². The molecular formula is C11H16O2. The van der Waals surface area contributed by atoms with Gasteiger partial charge in [0.1, 0.15) is 0 Å². The fourth-order valence-electron chi connectivity index (χ4n) is 1.95. The molecule has 1 fully saturated rings. The lowest BCUT2D eigenvalue weighted by Gasteiger charge is -2.24. The Bertz CT molecular complexity index is 234. The molecule has 1 aliphatic rings. The van der Waals surface area contributed by atoms with Gasteiger partial charge in [-0.1, -0.05) is 6.42 Å². The number of aliphatic carboxylic acids is 1. The summed E-state index contributed by atoms with van der Waals surface area (Å²) in [6.07, 6.45) is 4.75. The Morgan fingerprint density at radius 3 is 2.92 bits per heavy atom. The molecule has 0 aromatic carbocycles. The molecule has 13 heavy (non-hydrogen) atoms. The van der Waals surface area contributed by atoms with E-state index >= 15 is 0 Å². The quantitative estimate of drug-likeness (QED) is 0.662. The molecule has 1 aliphatic carbocycles. The third-order valence-corrected chi connectivity index (χ3v) is 2.70. The molecule has 0 heterocycles. The SMILES string of the molecule is CC#CCC1CCCC(C(=O)O)C1. The first kappa shape index (κ1) is 10.1. The fourth-order valence-corrected chi connectivity index (χ4v) is 1.95. The molecule has 2 atom stereocenters. The Hall–Kier alpha value is -0.970. The van der Waals surface area contributed by atoms with E-state index in [4.69, 9.17) is 5.11 Å². The maximum atomic E-state index is 10.7. The summed E-state index contributed by atoms with van der Waals surface area (Å²) in [6, 6.07) is 0. The van der Waals surface area contributed by atoms with E-state index in [0.717, 1.165) is 32.1 Å². The topological polar surface area (TPSA) is 37.3 Å². The van der Waals surface area contributed by atoms with Gasteiger partial charge in [-0.3, -0.25) is 4.79 Å². The second-order valence-electron chi connectivity index (χ2n) is 3.70. The number of carboxylic acids is 1. The molecule has 0 radical (unpaired) electrons. The Kier molecular flexibility index (Phi) is 3.82. The molecule has 1 N–H and O–H groups in total. The Labute approximate surface area is 79.3 Å². The highest BCUT2D eigenvalue weighted by Crippen LogP contribution is 2.30. The van der Waals surface area contributed by atoms with Gasteiger partial charge in [-0.2, -0.15) is 0 Å². The maximum absolute atomic E-state index is 10.7. The molecule has 2 unspecified atom stereocenters. The molecule has 0 aliphatic heterocycles. The van der Waals surface area contributed by atoms with Crippen LogP contribution in [0.4, 0.5) is 0 Å². The highest BCUT2D eigenvalue weighted by atomic mass is 16.4. The van der Waals surface area contributed by atoms with Crippen molar-refractivity contribution >= 4 is 5.97 Å². The van der Waals surface area contributed by atoms with Gasteiger partial charge in [0.05, 0.1) is 5.92 Å². The van der Waals surface area contributed by atoms with Gasteiger partial charge in [-0.25, -0.2) is 0 Å². The average molecular weight is 180 g/mol. The molecule has 0 saturated heterocycles. The molecule has 0 bridgehead atoms. The van der Waals surface area contributed by atoms with Crippen LogP contribution in [0.2, 0.25) is 0 Å². The summed E-state index contributed by atoms with van der Waals surface area (Å²) in [6.45, 7) is 1.83. The van der Waals surface area contributed by atoms with Crippen LogP contribution in [0, 0.1) is 23.7 Å². The second kappa shape index (κ2) is 4.91. The predicted molar refractivity (Wildman–Crippen MR) is 51.2 cm³/mol. The maximum Gasteiger partial charge on any atom is 0.306 e. The van der Waals surface area contributed by atoms with Crippen LogP contribution in [0.1, 0.15) is 39.0 Å². The van der Waals surface area contributed by atoms with Crippen LogP contribution in [-0.2, 0) is 4.79 Å². The van der Waals surface area contributed by atoms with Crippen molar-refractivity contribution < 1.29 is 9.90 Å². The molecule has 2 heteroatoms. The lowest BCUT2D eigenvalue weighted by molar-refractivity contribution is -0.143. The standard InChI is InChI=1S/C11H16O2/c1-2-3-5-9-6-4-7-10(8-9)11(12)13/h9-10H,4-8H2,1H3,(H,12,13). The summed E-state index contributed by atoms with van der Waals surface area (Å²) >= 11 is 0. The predicted octanol–water partition coefficient (Wildman–Crippen LogP) is 2.29. The molecule has 72 valence electrons. The molecule has 1 saturated carbocycles. The summed E-state index contributed by atoms with van der Waals surface area (Å²) in [7, 11) is 0. The van der Waals surface area contributed by atoms with Gasteiger partial charge >= 0.3 is 5.97 Å². The Balaban J connectivity index is 2.40. The van der Waals surface area contributed by atoms with Gasteiger partial charge in [0.25, 0.3) is 0 Å². The van der Waals surface area contributed by atoms with Gasteiger partial charge in [0.2, 0.25) is 0 Å². The number of rotatable bonds is 2. The van der Waals surface area contributed by atoms with Crippen LogP contribution >= 0.6 is 0 Å². The molecular weight excluding hydrogens is 164 g/mol. The van der Waals surface area contributed by atoms with Crippen LogP contribution in [0.3, 0.4) is 0 Å². The third-order valence-electron chi connectivity index (χ3n) is 2.70. The van der Waals surface area contributed by atoms with E-state index < -0.39 is 5.97 Å². The van der Waals surface area contributed by atoms with Crippen molar-refractivity contribution in [2.45, 2.75) is 39.0 Å². The van der Waals surface area contributed by atoms with Gasteiger partial charge in [-0.15, -0.1) is 11.8 Å². The summed E-state index contributed by atoms with van der Waals surface area (Å²) < 4.78 is 0. The summed E-state index contributed by atoms with van der Waals surface area (Å²) in [5.41, 5.74) is 0. The molecule has 0 aromatic heterocycles. The molecule has 0 spiro atoms. The summed E-state index contributed by atoms with van der Waals surface area (Å²) in [5.74, 6) is 5.67. The largest absolute Gasteiger partial charge is 0.481 e. The number of carboxylic acid groups (broad SMARTS) is 1. The van der Waals surface area contributed by atoms with E-state index in [0.29, 0.717) is 5.92 Å². The molecule has 1 rings (SSSR count). The van der Waals surface area contributed by atoms with Crippen molar-refractivity contribution in [3.8, 4) is 11.8 Å². The van der Waals surface area contributed by atoms with Gasteiger partial charge in [0, 0.05) is 6.42 Å². The summed E-state index contributed by atoms with van der Waals surface area (Å²) in [4.78, 5) is 10.7. The number of carbonyl (C=O) groups is 1. The lowest BCUT2D eigenvalue weighted by atomic mass is 9.80. The van der Waals surface area contributed by atoms with Crippen molar-refractivity contribution in [3.63, 3.8) is 0 Å². The monoisotopic (exact) mass is 180 g/mol. The Morgan fingerprint density at radius 1 is 1.54 bits per heavy atom. The first-order valence-corrected chi connectivity index (χ1v) is 4.86. The minimum absolute atomic E-state index is 0.114. The molecule has 0 aromatic rings. The fraction of sp³-hybridized carbons (Fsp3) is 0.727. The van der Waals surface area contributed by atoms with E-state index in [-0.39, 0.29) is 5.92 Å². The molecule has 2 nitrogen and oxygen atoms in total. The second-order valence-corrected chi connectivity index (χ2v) is 3.70.